The van der Waals surface area contributed by atoms with Gasteiger partial charge in [-0.05, 0) is 70.0 Å². The lowest BCUT2D eigenvalue weighted by Gasteiger charge is -2.27. The Morgan fingerprint density at radius 3 is 1.95 bits per heavy atom. The highest BCUT2D eigenvalue weighted by molar-refractivity contribution is 5.98. The lowest BCUT2D eigenvalue weighted by Crippen LogP contribution is -2.17. The van der Waals surface area contributed by atoms with Crippen molar-refractivity contribution in [3.63, 3.8) is 0 Å². The van der Waals surface area contributed by atoms with Gasteiger partial charge in [-0.1, -0.05) is 145 Å². The predicted octanol–water partition coefficient (Wildman–Crippen LogP) is 12.7. The van der Waals surface area contributed by atoms with Crippen LogP contribution in [0.4, 0.5) is 0 Å². The molecule has 0 saturated carbocycles. The lowest BCUT2D eigenvalue weighted by atomic mass is 9.79. The highest BCUT2D eigenvalue weighted by atomic mass is 16.3. The van der Waals surface area contributed by atoms with Gasteiger partial charge in [-0.25, -0.2) is 9.97 Å². The summed E-state index contributed by atoms with van der Waals surface area (Å²) in [6.45, 7) is 13.1. The molecule has 0 aliphatic heterocycles. The number of aromatic hydroxyl groups is 1. The Hall–Kier alpha value is -6.79. The summed E-state index contributed by atoms with van der Waals surface area (Å²) in [7, 11) is 0. The monoisotopic (exact) mass is 743 g/mol. The number of para-hydroxylation sites is 3. The zero-order valence-electron chi connectivity index (χ0n) is 33.2. The largest absolute Gasteiger partial charge is 0.507 e. The molecule has 9 rings (SSSR count). The summed E-state index contributed by atoms with van der Waals surface area (Å²) in [5.41, 5.74) is 13.8. The van der Waals surface area contributed by atoms with Crippen LogP contribution in [0.5, 0.6) is 5.75 Å². The van der Waals surface area contributed by atoms with Crippen LogP contribution in [-0.4, -0.2) is 29.2 Å². The highest BCUT2D eigenvalue weighted by Gasteiger charge is 2.29. The Morgan fingerprint density at radius 2 is 1.19 bits per heavy atom. The van der Waals surface area contributed by atoms with Crippen molar-refractivity contribution in [1.82, 2.24) is 24.1 Å². The minimum atomic E-state index is -0.307. The summed E-state index contributed by atoms with van der Waals surface area (Å²) in [6.07, 6.45) is 3.72. The van der Waals surface area contributed by atoms with E-state index >= 15 is 0 Å². The molecule has 0 unspecified atom stereocenters. The molecule has 0 spiro atoms. The molecule has 0 atom stereocenters. The Kier molecular flexibility index (Phi) is 8.66. The van der Waals surface area contributed by atoms with Crippen LogP contribution in [0.1, 0.15) is 52.7 Å². The fraction of sp³-hybridized carbons (Fsp3) is 0.157. The minimum absolute atomic E-state index is 0.166. The van der Waals surface area contributed by atoms with Crippen molar-refractivity contribution in [2.45, 2.75) is 52.4 Å². The van der Waals surface area contributed by atoms with Gasteiger partial charge in [0.25, 0.3) is 0 Å². The van der Waals surface area contributed by atoms with Crippen LogP contribution in [0.3, 0.4) is 0 Å². The number of rotatable bonds is 6. The van der Waals surface area contributed by atoms with Gasteiger partial charge in [0.1, 0.15) is 23.4 Å². The van der Waals surface area contributed by atoms with Crippen molar-refractivity contribution >= 4 is 22.1 Å². The predicted molar refractivity (Wildman–Crippen MR) is 234 cm³/mol. The Labute approximate surface area is 333 Å². The molecule has 0 aliphatic rings. The summed E-state index contributed by atoms with van der Waals surface area (Å²) in [5, 5.41) is 12.3. The molecular formula is C51H45N5O. The van der Waals surface area contributed by atoms with Gasteiger partial charge in [-0.2, -0.15) is 0 Å². The van der Waals surface area contributed by atoms with Crippen LogP contribution in [0, 0.1) is 0 Å². The average molecular weight is 744 g/mol. The number of hydrogen-bond donors (Lipinski definition) is 1. The third kappa shape index (κ3) is 6.37. The fourth-order valence-electron chi connectivity index (χ4n) is 7.88. The lowest BCUT2D eigenvalue weighted by molar-refractivity contribution is 0.446. The number of phenolic OH excluding ortho intramolecular Hbond substituents is 1. The van der Waals surface area contributed by atoms with Crippen LogP contribution in [0.25, 0.3) is 78.3 Å². The molecule has 280 valence electrons. The van der Waals surface area contributed by atoms with Gasteiger partial charge in [-0.3, -0.25) is 14.1 Å². The number of benzene rings is 6. The van der Waals surface area contributed by atoms with Gasteiger partial charge in [0.2, 0.25) is 0 Å². The maximum Gasteiger partial charge on any atom is 0.149 e. The van der Waals surface area contributed by atoms with Crippen molar-refractivity contribution < 1.29 is 5.11 Å². The fourth-order valence-corrected chi connectivity index (χ4v) is 7.88. The van der Waals surface area contributed by atoms with Gasteiger partial charge in [0, 0.05) is 34.1 Å². The van der Waals surface area contributed by atoms with E-state index in [-0.39, 0.29) is 16.6 Å². The topological polar surface area (TPSA) is 68.8 Å². The average Bonchev–Trinajstić information content (AvgIpc) is 3.83. The third-order valence-electron chi connectivity index (χ3n) is 10.9. The molecule has 0 aliphatic carbocycles. The van der Waals surface area contributed by atoms with E-state index in [1.54, 1.807) is 0 Å². The number of imidazole rings is 2. The molecule has 6 nitrogen and oxygen atoms in total. The van der Waals surface area contributed by atoms with Gasteiger partial charge >= 0.3 is 0 Å². The molecule has 6 heteroatoms. The maximum absolute atomic E-state index is 12.3. The van der Waals surface area contributed by atoms with E-state index in [0.29, 0.717) is 11.4 Å². The zero-order valence-corrected chi connectivity index (χ0v) is 33.2. The number of pyridine rings is 1. The summed E-state index contributed by atoms with van der Waals surface area (Å²) in [4.78, 5) is 15.3. The Morgan fingerprint density at radius 1 is 0.526 bits per heavy atom. The summed E-state index contributed by atoms with van der Waals surface area (Å²) < 4.78 is 4.33. The normalized spacial score (nSPS) is 12.1. The van der Waals surface area contributed by atoms with E-state index < -0.39 is 0 Å². The molecule has 0 saturated heterocycles. The van der Waals surface area contributed by atoms with Crippen LogP contribution >= 0.6 is 0 Å². The quantitative estimate of drug-likeness (QED) is 0.184. The number of fused-ring (bicyclic) bond motifs is 2. The van der Waals surface area contributed by atoms with Crippen molar-refractivity contribution in [2.24, 2.45) is 0 Å². The first-order valence-electron chi connectivity index (χ1n) is 19.5. The first kappa shape index (κ1) is 35.9. The number of hydrogen-bond acceptors (Lipinski definition) is 4. The van der Waals surface area contributed by atoms with E-state index in [4.69, 9.17) is 15.0 Å². The first-order valence-corrected chi connectivity index (χ1v) is 19.5. The van der Waals surface area contributed by atoms with Crippen LogP contribution in [0.15, 0.2) is 158 Å². The molecule has 9 aromatic rings. The zero-order chi connectivity index (χ0) is 39.5. The Bertz CT molecular complexity index is 2930. The second-order valence-corrected chi connectivity index (χ2v) is 16.8. The Balaban J connectivity index is 1.29. The highest BCUT2D eigenvalue weighted by Crippen LogP contribution is 2.45. The van der Waals surface area contributed by atoms with Gasteiger partial charge in [-0.15, -0.1) is 0 Å². The molecular weight excluding hydrogens is 699 g/mol. The van der Waals surface area contributed by atoms with E-state index in [0.717, 1.165) is 78.1 Å². The molecule has 1 N–H and O–H groups in total. The standard InChI is InChI=1S/C51H45N5O/c1-50(2,3)36-30-40(48(57)41(31-36)51(4,5)6)49-54-46-39(24-16-26-44(46)56(49)42-25-14-13-23-38(42)33-17-9-7-10-18-33)34-19-15-20-35(29-34)45-47-43(27-28-52-45)55(32-53-47)37-21-11-8-12-22-37/h7-32,57H,1-6H3. The molecule has 3 aromatic heterocycles. The summed E-state index contributed by atoms with van der Waals surface area (Å²) in [5.74, 6) is 0.936. The second kappa shape index (κ2) is 13.7. The van der Waals surface area contributed by atoms with Crippen molar-refractivity contribution in [2.75, 3.05) is 0 Å². The SMILES string of the molecule is CC(C)(C)c1cc(-c2nc3c(-c4cccc(-c5nccc6c5ncn6-c5ccccc5)c4)cccc3n2-c2ccccc2-c2ccccc2)c(O)c(C(C)(C)C)c1. The van der Waals surface area contributed by atoms with E-state index in [9.17, 15) is 5.11 Å². The van der Waals surface area contributed by atoms with Gasteiger partial charge in [0.15, 0.2) is 0 Å². The molecule has 57 heavy (non-hydrogen) atoms. The minimum Gasteiger partial charge on any atom is -0.507 e. The third-order valence-corrected chi connectivity index (χ3v) is 10.9. The van der Waals surface area contributed by atoms with E-state index in [1.807, 2.05) is 42.9 Å². The van der Waals surface area contributed by atoms with Crippen molar-refractivity contribution in [3.8, 4) is 62.0 Å². The van der Waals surface area contributed by atoms with Crippen molar-refractivity contribution in [1.29, 1.82) is 0 Å². The van der Waals surface area contributed by atoms with E-state index in [1.165, 1.54) is 0 Å². The van der Waals surface area contributed by atoms with Crippen LogP contribution in [-0.2, 0) is 10.8 Å². The molecule has 0 fully saturated rings. The molecule has 0 amide bonds. The number of nitrogens with zero attached hydrogens (tertiary/aromatic N) is 5. The smallest absolute Gasteiger partial charge is 0.149 e. The van der Waals surface area contributed by atoms with Crippen LogP contribution in [0.2, 0.25) is 0 Å². The second-order valence-electron chi connectivity index (χ2n) is 16.8. The summed E-state index contributed by atoms with van der Waals surface area (Å²) in [6, 6.07) is 50.3. The number of aromatic nitrogens is 5. The van der Waals surface area contributed by atoms with Crippen LogP contribution < -0.4 is 0 Å². The maximum atomic E-state index is 12.3. The summed E-state index contributed by atoms with van der Waals surface area (Å²) >= 11 is 0. The van der Waals surface area contributed by atoms with Gasteiger partial charge < -0.3 is 5.11 Å². The molecule has 0 bridgehead atoms. The molecule has 3 heterocycles. The molecule has 0 radical (unpaired) electrons. The van der Waals surface area contributed by atoms with Crippen molar-refractivity contribution in [3.05, 3.63) is 169 Å². The van der Waals surface area contributed by atoms with E-state index in [2.05, 4.69) is 166 Å². The number of phenols is 1. The van der Waals surface area contributed by atoms with Gasteiger partial charge in [0.05, 0.1) is 33.5 Å². The molecule has 6 aromatic carbocycles. The first-order chi connectivity index (χ1) is 27.5.